The van der Waals surface area contributed by atoms with Gasteiger partial charge in [0.05, 0.1) is 11.9 Å². The maximum atomic E-state index is 13.2. The number of halogens is 1. The molecule has 4 aromatic rings. The lowest BCUT2D eigenvalue weighted by Crippen LogP contribution is -2.43. The van der Waals surface area contributed by atoms with Crippen LogP contribution >= 0.6 is 0 Å². The molecular formula is C25H20FN3O2. The molecule has 0 fully saturated rings. The van der Waals surface area contributed by atoms with E-state index in [1.807, 2.05) is 18.2 Å². The van der Waals surface area contributed by atoms with Crippen molar-refractivity contribution in [1.29, 1.82) is 0 Å². The van der Waals surface area contributed by atoms with Gasteiger partial charge in [-0.15, -0.1) is 0 Å². The second-order valence-corrected chi connectivity index (χ2v) is 6.92. The maximum absolute atomic E-state index is 13.2. The first-order chi connectivity index (χ1) is 15.1. The molecule has 0 aliphatic rings. The molecule has 0 radical (unpaired) electrons. The van der Waals surface area contributed by atoms with Crippen LogP contribution in [0, 0.1) is 5.82 Å². The molecule has 0 bridgehead atoms. The minimum absolute atomic E-state index is 0.320. The zero-order valence-electron chi connectivity index (χ0n) is 16.5. The quantitative estimate of drug-likeness (QED) is 0.371. The Morgan fingerprint density at radius 2 is 1.45 bits per heavy atom. The van der Waals surface area contributed by atoms with Crippen LogP contribution in [0.3, 0.4) is 0 Å². The molecule has 4 rings (SSSR count). The Balaban J connectivity index is 1.59. The van der Waals surface area contributed by atoms with Crippen molar-refractivity contribution in [2.24, 2.45) is 5.10 Å². The van der Waals surface area contributed by atoms with Crippen LogP contribution in [0.4, 0.5) is 4.39 Å². The number of hydrogen-bond acceptors (Lipinski definition) is 3. The van der Waals surface area contributed by atoms with Gasteiger partial charge in [-0.2, -0.15) is 5.10 Å². The molecule has 6 heteroatoms. The first-order valence-electron chi connectivity index (χ1n) is 9.69. The summed E-state index contributed by atoms with van der Waals surface area (Å²) in [6.07, 6.45) is 3.28. The second kappa shape index (κ2) is 8.77. The van der Waals surface area contributed by atoms with Gasteiger partial charge >= 0.3 is 0 Å². The van der Waals surface area contributed by atoms with Gasteiger partial charge in [0, 0.05) is 11.9 Å². The van der Waals surface area contributed by atoms with E-state index in [-0.39, 0.29) is 5.82 Å². The summed E-state index contributed by atoms with van der Waals surface area (Å²) in [7, 11) is 0. The summed E-state index contributed by atoms with van der Waals surface area (Å²) in [5.41, 5.74) is 2.85. The van der Waals surface area contributed by atoms with Crippen molar-refractivity contribution >= 4 is 12.1 Å². The van der Waals surface area contributed by atoms with Gasteiger partial charge < -0.3 is 9.67 Å². The third-order valence-electron chi connectivity index (χ3n) is 4.96. The Bertz CT molecular complexity index is 1150. The molecule has 0 aliphatic carbocycles. The monoisotopic (exact) mass is 413 g/mol. The second-order valence-electron chi connectivity index (χ2n) is 6.92. The largest absolute Gasteiger partial charge is 0.372 e. The molecule has 3 aromatic carbocycles. The van der Waals surface area contributed by atoms with E-state index in [4.69, 9.17) is 0 Å². The van der Waals surface area contributed by atoms with Crippen LogP contribution < -0.4 is 5.43 Å². The van der Waals surface area contributed by atoms with Crippen molar-refractivity contribution in [2.45, 2.75) is 5.60 Å². The number of carbonyl (C=O) groups excluding carboxylic acids is 1. The highest BCUT2D eigenvalue weighted by Gasteiger charge is 2.39. The van der Waals surface area contributed by atoms with Gasteiger partial charge in [0.25, 0.3) is 5.91 Å². The van der Waals surface area contributed by atoms with E-state index in [0.29, 0.717) is 16.8 Å². The zero-order valence-corrected chi connectivity index (χ0v) is 16.5. The number of carbonyl (C=O) groups is 1. The predicted octanol–water partition coefficient (Wildman–Crippen LogP) is 4.00. The van der Waals surface area contributed by atoms with Gasteiger partial charge in [0.2, 0.25) is 0 Å². The molecule has 5 nitrogen and oxygen atoms in total. The van der Waals surface area contributed by atoms with E-state index in [2.05, 4.69) is 10.5 Å². The van der Waals surface area contributed by atoms with Gasteiger partial charge in [0.1, 0.15) is 5.82 Å². The van der Waals surface area contributed by atoms with E-state index >= 15 is 0 Å². The lowest BCUT2D eigenvalue weighted by atomic mass is 9.85. The Hall–Kier alpha value is -4.03. The van der Waals surface area contributed by atoms with Crippen molar-refractivity contribution in [3.05, 3.63) is 126 Å². The average molecular weight is 413 g/mol. The number of aliphatic hydroxyl groups is 1. The highest BCUT2D eigenvalue weighted by molar-refractivity contribution is 5.91. The van der Waals surface area contributed by atoms with E-state index in [1.54, 1.807) is 77.5 Å². The summed E-state index contributed by atoms with van der Waals surface area (Å²) in [5, 5.41) is 15.5. The number of nitrogens with zero attached hydrogens (tertiary/aromatic N) is 2. The standard InChI is InChI=1S/C25H20FN3O2/c26-21-13-15-22(16-14-21)29-17-7-12-23(29)18-27-28-24(30)25(31,19-8-3-1-4-9-19)20-10-5-2-6-11-20/h1-18,31H,(H,28,30)/b27-18-. The number of rotatable bonds is 6. The SMILES string of the molecule is O=C(N/N=C\c1cccn1-c1ccc(F)cc1)C(O)(c1ccccc1)c1ccccc1. The lowest BCUT2D eigenvalue weighted by molar-refractivity contribution is -0.136. The molecule has 0 aliphatic heterocycles. The average Bonchev–Trinajstić information content (AvgIpc) is 3.28. The Morgan fingerprint density at radius 3 is 2.03 bits per heavy atom. The van der Waals surface area contributed by atoms with Crippen molar-refractivity contribution in [2.75, 3.05) is 0 Å². The number of hydrogen-bond donors (Lipinski definition) is 2. The minimum atomic E-state index is -1.90. The lowest BCUT2D eigenvalue weighted by Gasteiger charge is -2.27. The highest BCUT2D eigenvalue weighted by atomic mass is 19.1. The van der Waals surface area contributed by atoms with Crippen molar-refractivity contribution in [3.8, 4) is 5.69 Å². The number of nitrogens with one attached hydrogen (secondary N) is 1. The summed E-state index contributed by atoms with van der Waals surface area (Å²) in [5.74, 6) is -1.000. The summed E-state index contributed by atoms with van der Waals surface area (Å²) in [6, 6.07) is 27.1. The Kier molecular flexibility index (Phi) is 5.73. The topological polar surface area (TPSA) is 66.6 Å². The molecule has 1 amide bonds. The van der Waals surface area contributed by atoms with Crippen LogP contribution in [-0.4, -0.2) is 21.8 Å². The maximum Gasteiger partial charge on any atom is 0.281 e. The highest BCUT2D eigenvalue weighted by Crippen LogP contribution is 2.29. The third kappa shape index (κ3) is 4.15. The molecule has 0 atom stereocenters. The van der Waals surface area contributed by atoms with Gasteiger partial charge in [-0.05, 0) is 47.5 Å². The fraction of sp³-hybridized carbons (Fsp3) is 0.0400. The van der Waals surface area contributed by atoms with Crippen molar-refractivity contribution in [1.82, 2.24) is 9.99 Å². The molecule has 0 saturated heterocycles. The fourth-order valence-corrected chi connectivity index (χ4v) is 3.36. The third-order valence-corrected chi connectivity index (χ3v) is 4.96. The molecule has 1 aromatic heterocycles. The Labute approximate surface area is 179 Å². The smallest absolute Gasteiger partial charge is 0.281 e. The number of benzene rings is 3. The first-order valence-corrected chi connectivity index (χ1v) is 9.69. The molecule has 0 saturated carbocycles. The van der Waals surface area contributed by atoms with Crippen LogP contribution in [0.2, 0.25) is 0 Å². The van der Waals surface area contributed by atoms with Crippen LogP contribution in [0.1, 0.15) is 16.8 Å². The molecule has 31 heavy (non-hydrogen) atoms. The molecule has 1 heterocycles. The summed E-state index contributed by atoms with van der Waals surface area (Å²) in [4.78, 5) is 13.1. The molecule has 2 N–H and O–H groups in total. The summed E-state index contributed by atoms with van der Waals surface area (Å²) >= 11 is 0. The van der Waals surface area contributed by atoms with E-state index in [0.717, 1.165) is 5.69 Å². The number of aromatic nitrogens is 1. The molecular weight excluding hydrogens is 393 g/mol. The van der Waals surface area contributed by atoms with Gasteiger partial charge in [-0.1, -0.05) is 60.7 Å². The van der Waals surface area contributed by atoms with Gasteiger partial charge in [0.15, 0.2) is 5.60 Å². The number of hydrazone groups is 1. The van der Waals surface area contributed by atoms with Gasteiger partial charge in [-0.25, -0.2) is 9.82 Å². The molecule has 154 valence electrons. The normalized spacial score (nSPS) is 11.5. The van der Waals surface area contributed by atoms with Gasteiger partial charge in [-0.3, -0.25) is 4.79 Å². The molecule has 0 unspecified atom stereocenters. The van der Waals surface area contributed by atoms with Crippen LogP contribution in [-0.2, 0) is 10.4 Å². The van der Waals surface area contributed by atoms with E-state index < -0.39 is 11.5 Å². The zero-order chi connectivity index (χ0) is 21.7. The van der Waals surface area contributed by atoms with Crippen LogP contribution in [0.15, 0.2) is 108 Å². The number of amides is 1. The minimum Gasteiger partial charge on any atom is -0.372 e. The van der Waals surface area contributed by atoms with Crippen molar-refractivity contribution < 1.29 is 14.3 Å². The summed E-state index contributed by atoms with van der Waals surface area (Å²) < 4.78 is 15.0. The van der Waals surface area contributed by atoms with E-state index in [1.165, 1.54) is 18.3 Å². The van der Waals surface area contributed by atoms with Crippen LogP contribution in [0.5, 0.6) is 0 Å². The van der Waals surface area contributed by atoms with E-state index in [9.17, 15) is 14.3 Å². The Morgan fingerprint density at radius 1 is 0.871 bits per heavy atom. The first kappa shape index (κ1) is 20.3. The van der Waals surface area contributed by atoms with Crippen LogP contribution in [0.25, 0.3) is 5.69 Å². The fourth-order valence-electron chi connectivity index (χ4n) is 3.36. The molecule has 0 spiro atoms. The van der Waals surface area contributed by atoms with Crippen molar-refractivity contribution in [3.63, 3.8) is 0 Å². The predicted molar refractivity (Wildman–Crippen MR) is 117 cm³/mol. The summed E-state index contributed by atoms with van der Waals surface area (Å²) in [6.45, 7) is 0.